The Morgan fingerprint density at radius 3 is 3.12 bits per heavy atom. The van der Waals surface area contributed by atoms with Gasteiger partial charge in [0, 0.05) is 13.0 Å². The Labute approximate surface area is 50.0 Å². The number of ether oxygens (including phenoxy) is 1. The van der Waals surface area contributed by atoms with E-state index in [2.05, 4.69) is 11.8 Å². The van der Waals surface area contributed by atoms with Gasteiger partial charge < -0.3 is 4.74 Å². The standard InChI is InChI=1S/C7H10O/c1-2-4-6-8-7-5-3-1/h1-2,4,6-7H2. The number of rotatable bonds is 0. The van der Waals surface area contributed by atoms with Gasteiger partial charge >= 0.3 is 0 Å². The second-order valence-corrected chi connectivity index (χ2v) is 1.86. The van der Waals surface area contributed by atoms with Crippen LogP contribution in [0.1, 0.15) is 19.3 Å². The summed E-state index contributed by atoms with van der Waals surface area (Å²) in [4.78, 5) is 0. The van der Waals surface area contributed by atoms with Gasteiger partial charge in [0.25, 0.3) is 0 Å². The lowest BCUT2D eigenvalue weighted by Crippen LogP contribution is -1.96. The molecule has 1 nitrogen and oxygen atoms in total. The minimum atomic E-state index is 0.639. The zero-order chi connectivity index (χ0) is 5.66. The molecular weight excluding hydrogens is 100 g/mol. The molecule has 1 heteroatoms. The zero-order valence-corrected chi connectivity index (χ0v) is 4.94. The Morgan fingerprint density at radius 1 is 1.12 bits per heavy atom. The van der Waals surface area contributed by atoms with E-state index in [-0.39, 0.29) is 0 Å². The Hall–Kier alpha value is -0.480. The van der Waals surface area contributed by atoms with Crippen molar-refractivity contribution in [1.82, 2.24) is 0 Å². The van der Waals surface area contributed by atoms with Crippen molar-refractivity contribution in [3.63, 3.8) is 0 Å². The minimum absolute atomic E-state index is 0.639. The van der Waals surface area contributed by atoms with Gasteiger partial charge in [0.1, 0.15) is 6.61 Å². The van der Waals surface area contributed by atoms with E-state index in [0.717, 1.165) is 13.0 Å². The molecule has 1 heterocycles. The fourth-order valence-electron chi connectivity index (χ4n) is 0.680. The summed E-state index contributed by atoms with van der Waals surface area (Å²) in [7, 11) is 0. The molecule has 44 valence electrons. The lowest BCUT2D eigenvalue weighted by molar-refractivity contribution is 0.161. The monoisotopic (exact) mass is 110 g/mol. The summed E-state index contributed by atoms with van der Waals surface area (Å²) in [6.07, 6.45) is 3.44. The third kappa shape index (κ3) is 1.99. The van der Waals surface area contributed by atoms with Crippen LogP contribution in [0.2, 0.25) is 0 Å². The van der Waals surface area contributed by atoms with Crippen molar-refractivity contribution in [2.45, 2.75) is 19.3 Å². The molecule has 1 aliphatic heterocycles. The maximum absolute atomic E-state index is 5.10. The molecule has 0 saturated heterocycles. The van der Waals surface area contributed by atoms with Gasteiger partial charge in [-0.25, -0.2) is 0 Å². The fraction of sp³-hybridized carbons (Fsp3) is 0.714. The minimum Gasteiger partial charge on any atom is -0.369 e. The molecule has 0 atom stereocenters. The van der Waals surface area contributed by atoms with E-state index in [4.69, 9.17) is 4.74 Å². The second-order valence-electron chi connectivity index (χ2n) is 1.86. The summed E-state index contributed by atoms with van der Waals surface area (Å²) in [6, 6.07) is 0. The van der Waals surface area contributed by atoms with Crippen molar-refractivity contribution in [1.29, 1.82) is 0 Å². The highest BCUT2D eigenvalue weighted by Crippen LogP contribution is 1.95. The van der Waals surface area contributed by atoms with Gasteiger partial charge in [-0.05, 0) is 12.8 Å². The number of hydrogen-bond acceptors (Lipinski definition) is 1. The molecule has 1 rings (SSSR count). The summed E-state index contributed by atoms with van der Waals surface area (Å²) in [5, 5.41) is 0. The van der Waals surface area contributed by atoms with Crippen molar-refractivity contribution < 1.29 is 4.74 Å². The Morgan fingerprint density at radius 2 is 2.12 bits per heavy atom. The molecular formula is C7H10O. The molecule has 0 aromatic rings. The smallest absolute Gasteiger partial charge is 0.107 e. The first-order chi connectivity index (χ1) is 4.00. The first kappa shape index (κ1) is 5.65. The van der Waals surface area contributed by atoms with Crippen LogP contribution < -0.4 is 0 Å². The van der Waals surface area contributed by atoms with E-state index >= 15 is 0 Å². The van der Waals surface area contributed by atoms with Crippen LogP contribution in [0.15, 0.2) is 0 Å². The summed E-state index contributed by atoms with van der Waals surface area (Å²) < 4.78 is 5.10. The van der Waals surface area contributed by atoms with Gasteiger partial charge in [-0.15, -0.1) is 5.92 Å². The highest BCUT2D eigenvalue weighted by atomic mass is 16.5. The van der Waals surface area contributed by atoms with E-state index in [1.54, 1.807) is 0 Å². The zero-order valence-electron chi connectivity index (χ0n) is 4.94. The normalized spacial score (nSPS) is 20.0. The van der Waals surface area contributed by atoms with E-state index in [0.29, 0.717) is 6.61 Å². The highest BCUT2D eigenvalue weighted by molar-refractivity contribution is 4.99. The molecule has 0 radical (unpaired) electrons. The molecule has 0 fully saturated rings. The lowest BCUT2D eigenvalue weighted by atomic mass is 10.2. The van der Waals surface area contributed by atoms with Crippen molar-refractivity contribution in [2.75, 3.05) is 13.2 Å². The second kappa shape index (κ2) is 3.51. The van der Waals surface area contributed by atoms with Crippen LogP contribution >= 0.6 is 0 Å². The van der Waals surface area contributed by atoms with E-state index in [1.165, 1.54) is 12.8 Å². The molecule has 0 amide bonds. The molecule has 0 saturated carbocycles. The first-order valence-electron chi connectivity index (χ1n) is 3.03. The van der Waals surface area contributed by atoms with E-state index in [1.807, 2.05) is 0 Å². The van der Waals surface area contributed by atoms with Gasteiger partial charge in [-0.3, -0.25) is 0 Å². The first-order valence-corrected chi connectivity index (χ1v) is 3.03. The molecule has 0 N–H and O–H groups in total. The SMILES string of the molecule is C1#CCOCCCC1. The van der Waals surface area contributed by atoms with Crippen molar-refractivity contribution in [3.05, 3.63) is 0 Å². The maximum Gasteiger partial charge on any atom is 0.107 e. The maximum atomic E-state index is 5.10. The van der Waals surface area contributed by atoms with Crippen LogP contribution in [0.4, 0.5) is 0 Å². The van der Waals surface area contributed by atoms with E-state index in [9.17, 15) is 0 Å². The predicted octanol–water partition coefficient (Wildman–Crippen LogP) is 1.19. The summed E-state index contributed by atoms with van der Waals surface area (Å²) >= 11 is 0. The third-order valence-electron chi connectivity index (χ3n) is 1.14. The predicted molar refractivity (Wildman–Crippen MR) is 32.4 cm³/mol. The van der Waals surface area contributed by atoms with Gasteiger partial charge in [0.05, 0.1) is 0 Å². The van der Waals surface area contributed by atoms with Crippen LogP contribution in [-0.2, 0) is 4.74 Å². The summed E-state index contributed by atoms with van der Waals surface area (Å²) in [5.74, 6) is 5.93. The Kier molecular flexibility index (Phi) is 2.48. The van der Waals surface area contributed by atoms with Crippen LogP contribution in [0, 0.1) is 11.8 Å². The van der Waals surface area contributed by atoms with Crippen molar-refractivity contribution in [2.24, 2.45) is 0 Å². The van der Waals surface area contributed by atoms with Crippen LogP contribution in [-0.4, -0.2) is 13.2 Å². The molecule has 0 aromatic heterocycles. The average Bonchev–Trinajstić information content (AvgIpc) is 1.62. The van der Waals surface area contributed by atoms with Crippen LogP contribution in [0.5, 0.6) is 0 Å². The van der Waals surface area contributed by atoms with Crippen molar-refractivity contribution in [3.8, 4) is 11.8 Å². The Bertz CT molecular complexity index is 95.3. The molecule has 1 aliphatic rings. The van der Waals surface area contributed by atoms with Gasteiger partial charge in [0.15, 0.2) is 0 Å². The van der Waals surface area contributed by atoms with E-state index < -0.39 is 0 Å². The average molecular weight is 110 g/mol. The van der Waals surface area contributed by atoms with Gasteiger partial charge in [-0.1, -0.05) is 5.92 Å². The topological polar surface area (TPSA) is 9.23 Å². The summed E-state index contributed by atoms with van der Waals surface area (Å²) in [6.45, 7) is 1.54. The molecule has 0 aliphatic carbocycles. The fourth-order valence-corrected chi connectivity index (χ4v) is 0.680. The third-order valence-corrected chi connectivity index (χ3v) is 1.14. The van der Waals surface area contributed by atoms with Gasteiger partial charge in [0.2, 0.25) is 0 Å². The highest BCUT2D eigenvalue weighted by Gasteiger charge is 1.88. The molecule has 0 spiro atoms. The molecule has 0 unspecified atom stereocenters. The molecule has 0 bridgehead atoms. The lowest BCUT2D eigenvalue weighted by Gasteiger charge is -1.99. The molecule has 0 aromatic carbocycles. The summed E-state index contributed by atoms with van der Waals surface area (Å²) in [5.41, 5.74) is 0. The molecule has 8 heavy (non-hydrogen) atoms. The quantitative estimate of drug-likeness (QED) is 0.425. The Balaban J connectivity index is 2.24. The number of hydrogen-bond donors (Lipinski definition) is 0. The van der Waals surface area contributed by atoms with Crippen LogP contribution in [0.3, 0.4) is 0 Å². The van der Waals surface area contributed by atoms with Crippen molar-refractivity contribution >= 4 is 0 Å². The van der Waals surface area contributed by atoms with Crippen LogP contribution in [0.25, 0.3) is 0 Å². The largest absolute Gasteiger partial charge is 0.369 e. The van der Waals surface area contributed by atoms with Gasteiger partial charge in [-0.2, -0.15) is 0 Å².